The Morgan fingerprint density at radius 3 is 2.54 bits per heavy atom. The van der Waals surface area contributed by atoms with E-state index in [1.54, 1.807) is 0 Å². The Morgan fingerprint density at radius 2 is 1.92 bits per heavy atom. The average molecular weight is 182 g/mol. The molecule has 1 heterocycles. The fraction of sp³-hybridized carbons (Fsp3) is 1.00. The summed E-state index contributed by atoms with van der Waals surface area (Å²) in [6.45, 7) is 5.28. The van der Waals surface area contributed by atoms with Crippen molar-refractivity contribution in [3.8, 4) is 0 Å². The van der Waals surface area contributed by atoms with Crippen molar-refractivity contribution in [3.05, 3.63) is 0 Å². The second kappa shape index (κ2) is 3.97. The van der Waals surface area contributed by atoms with E-state index in [0.29, 0.717) is 0 Å². The highest BCUT2D eigenvalue weighted by Crippen LogP contribution is 2.45. The molecule has 2 nitrogen and oxygen atoms in total. The Labute approximate surface area is 81.7 Å². The zero-order valence-electron chi connectivity index (χ0n) is 8.81. The van der Waals surface area contributed by atoms with E-state index in [4.69, 9.17) is 0 Å². The molecule has 1 aliphatic carbocycles. The molecule has 1 spiro atoms. The molecule has 13 heavy (non-hydrogen) atoms. The maximum atomic E-state index is 3.21. The summed E-state index contributed by atoms with van der Waals surface area (Å²) in [5, 5.41) is 3.21. The van der Waals surface area contributed by atoms with E-state index in [1.807, 2.05) is 7.05 Å². The van der Waals surface area contributed by atoms with Crippen LogP contribution in [0.3, 0.4) is 0 Å². The molecule has 2 rings (SSSR count). The molecule has 0 radical (unpaired) electrons. The van der Waals surface area contributed by atoms with E-state index in [-0.39, 0.29) is 0 Å². The molecule has 1 N–H and O–H groups in total. The van der Waals surface area contributed by atoms with Gasteiger partial charge in [-0.1, -0.05) is 12.8 Å². The zero-order valence-corrected chi connectivity index (χ0v) is 8.81. The van der Waals surface area contributed by atoms with Crippen molar-refractivity contribution in [1.29, 1.82) is 0 Å². The lowest BCUT2D eigenvalue weighted by Gasteiger charge is -2.48. The third-order valence-electron chi connectivity index (χ3n) is 3.68. The van der Waals surface area contributed by atoms with Gasteiger partial charge in [0.1, 0.15) is 0 Å². The Bertz CT molecular complexity index is 153. The molecule has 0 atom stereocenters. The third kappa shape index (κ3) is 2.05. The smallest absolute Gasteiger partial charge is 0.00505 e. The number of hydrogen-bond donors (Lipinski definition) is 1. The first kappa shape index (κ1) is 9.47. The number of hydrogen-bond acceptors (Lipinski definition) is 2. The van der Waals surface area contributed by atoms with Gasteiger partial charge in [-0.05, 0) is 44.8 Å². The standard InChI is InChI=1S/C11H22N2/c1-12-7-4-8-13-9-11(10-13)5-2-3-6-11/h12H,2-10H2,1H3. The maximum Gasteiger partial charge on any atom is 0.00505 e. The second-order valence-corrected chi connectivity index (χ2v) is 4.87. The van der Waals surface area contributed by atoms with E-state index in [9.17, 15) is 0 Å². The molecular formula is C11H22N2. The predicted molar refractivity (Wildman–Crippen MR) is 55.9 cm³/mol. The molecule has 0 aromatic heterocycles. The summed E-state index contributed by atoms with van der Waals surface area (Å²) in [7, 11) is 2.04. The van der Waals surface area contributed by atoms with Crippen LogP contribution in [0.2, 0.25) is 0 Å². The van der Waals surface area contributed by atoms with Crippen molar-refractivity contribution >= 4 is 0 Å². The van der Waals surface area contributed by atoms with E-state index >= 15 is 0 Å². The average Bonchev–Trinajstić information content (AvgIpc) is 2.52. The van der Waals surface area contributed by atoms with E-state index in [0.717, 1.165) is 5.41 Å². The highest BCUT2D eigenvalue weighted by molar-refractivity contribution is 4.97. The van der Waals surface area contributed by atoms with E-state index in [1.165, 1.54) is 58.3 Å². The summed E-state index contributed by atoms with van der Waals surface area (Å²) >= 11 is 0. The van der Waals surface area contributed by atoms with Gasteiger partial charge in [-0.3, -0.25) is 0 Å². The minimum Gasteiger partial charge on any atom is -0.320 e. The van der Waals surface area contributed by atoms with Crippen LogP contribution in [0.4, 0.5) is 0 Å². The van der Waals surface area contributed by atoms with Gasteiger partial charge in [-0.2, -0.15) is 0 Å². The molecule has 1 saturated carbocycles. The molecule has 0 aromatic rings. The SMILES string of the molecule is CNCCCN1CC2(CCCC2)C1. The molecule has 1 aliphatic heterocycles. The highest BCUT2D eigenvalue weighted by atomic mass is 15.2. The Balaban J connectivity index is 1.61. The van der Waals surface area contributed by atoms with Crippen LogP contribution in [0.15, 0.2) is 0 Å². The van der Waals surface area contributed by atoms with Crippen LogP contribution < -0.4 is 5.32 Å². The zero-order chi connectivity index (χ0) is 9.15. The van der Waals surface area contributed by atoms with Crippen molar-refractivity contribution in [1.82, 2.24) is 10.2 Å². The Morgan fingerprint density at radius 1 is 1.23 bits per heavy atom. The molecule has 2 fully saturated rings. The Hall–Kier alpha value is -0.0800. The minimum absolute atomic E-state index is 0.791. The van der Waals surface area contributed by atoms with Crippen LogP contribution in [0.5, 0.6) is 0 Å². The van der Waals surface area contributed by atoms with Crippen molar-refractivity contribution in [3.63, 3.8) is 0 Å². The van der Waals surface area contributed by atoms with Gasteiger partial charge in [0, 0.05) is 13.1 Å². The molecule has 0 unspecified atom stereocenters. The fourth-order valence-corrected chi connectivity index (χ4v) is 2.98. The summed E-state index contributed by atoms with van der Waals surface area (Å²) < 4.78 is 0. The second-order valence-electron chi connectivity index (χ2n) is 4.87. The fourth-order valence-electron chi connectivity index (χ4n) is 2.98. The molecule has 76 valence electrons. The van der Waals surface area contributed by atoms with Gasteiger partial charge in [0.15, 0.2) is 0 Å². The van der Waals surface area contributed by atoms with Gasteiger partial charge in [-0.25, -0.2) is 0 Å². The normalized spacial score (nSPS) is 26.5. The summed E-state index contributed by atoms with van der Waals surface area (Å²) in [6, 6.07) is 0. The van der Waals surface area contributed by atoms with Crippen LogP contribution in [0, 0.1) is 5.41 Å². The van der Waals surface area contributed by atoms with Gasteiger partial charge in [0.25, 0.3) is 0 Å². The number of nitrogens with zero attached hydrogens (tertiary/aromatic N) is 1. The van der Waals surface area contributed by atoms with Gasteiger partial charge in [-0.15, -0.1) is 0 Å². The van der Waals surface area contributed by atoms with E-state index < -0.39 is 0 Å². The predicted octanol–water partition coefficient (Wildman–Crippen LogP) is 1.47. The highest BCUT2D eigenvalue weighted by Gasteiger charge is 2.43. The first-order valence-corrected chi connectivity index (χ1v) is 5.72. The summed E-state index contributed by atoms with van der Waals surface area (Å²) in [6.07, 6.45) is 7.31. The number of likely N-dealkylation sites (tertiary alicyclic amines) is 1. The quantitative estimate of drug-likeness (QED) is 0.662. The third-order valence-corrected chi connectivity index (χ3v) is 3.68. The van der Waals surface area contributed by atoms with Crippen molar-refractivity contribution in [2.75, 3.05) is 33.2 Å². The molecule has 0 bridgehead atoms. The molecule has 1 saturated heterocycles. The van der Waals surface area contributed by atoms with Crippen LogP contribution in [-0.4, -0.2) is 38.1 Å². The van der Waals surface area contributed by atoms with Crippen LogP contribution >= 0.6 is 0 Å². The number of rotatable bonds is 4. The lowest BCUT2D eigenvalue weighted by molar-refractivity contribution is 0.00583. The van der Waals surface area contributed by atoms with Crippen molar-refractivity contribution in [2.24, 2.45) is 5.41 Å². The summed E-state index contributed by atoms with van der Waals surface area (Å²) in [4.78, 5) is 2.63. The van der Waals surface area contributed by atoms with Crippen LogP contribution in [0.25, 0.3) is 0 Å². The Kier molecular flexibility index (Phi) is 2.89. The van der Waals surface area contributed by atoms with Gasteiger partial charge < -0.3 is 10.2 Å². The van der Waals surface area contributed by atoms with Gasteiger partial charge in [0.2, 0.25) is 0 Å². The summed E-state index contributed by atoms with van der Waals surface area (Å²) in [5.41, 5.74) is 0.791. The topological polar surface area (TPSA) is 15.3 Å². The molecule has 0 amide bonds. The van der Waals surface area contributed by atoms with Gasteiger partial charge >= 0.3 is 0 Å². The van der Waals surface area contributed by atoms with E-state index in [2.05, 4.69) is 10.2 Å². The molecular weight excluding hydrogens is 160 g/mol. The number of nitrogens with one attached hydrogen (secondary N) is 1. The first-order valence-electron chi connectivity index (χ1n) is 5.72. The summed E-state index contributed by atoms with van der Waals surface area (Å²) in [5.74, 6) is 0. The molecule has 0 aromatic carbocycles. The maximum absolute atomic E-state index is 3.21. The monoisotopic (exact) mass is 182 g/mol. The van der Waals surface area contributed by atoms with Gasteiger partial charge in [0.05, 0.1) is 0 Å². The molecule has 2 aliphatic rings. The molecule has 2 heteroatoms. The minimum atomic E-state index is 0.791. The first-order chi connectivity index (χ1) is 6.35. The van der Waals surface area contributed by atoms with Crippen LogP contribution in [-0.2, 0) is 0 Å². The lowest BCUT2D eigenvalue weighted by atomic mass is 9.78. The van der Waals surface area contributed by atoms with Crippen LogP contribution in [0.1, 0.15) is 32.1 Å². The lowest BCUT2D eigenvalue weighted by Crippen LogP contribution is -2.55. The van der Waals surface area contributed by atoms with Crippen molar-refractivity contribution in [2.45, 2.75) is 32.1 Å². The largest absolute Gasteiger partial charge is 0.320 e. The van der Waals surface area contributed by atoms with Crippen molar-refractivity contribution < 1.29 is 0 Å².